The standard InChI is InChI=1S/C20H23FN2O2/c1-25-19-4-2-3-18(12-19)23-10-9-16(14-23)13-22-20(24)11-15-5-7-17(21)8-6-15/h2-8,12,16H,9-11,13-14H2,1H3,(H,22,24)/t16-/m0/s1. The number of benzene rings is 2. The van der Waals surface area contributed by atoms with Crippen LogP contribution in [0.5, 0.6) is 5.75 Å². The molecule has 0 aliphatic carbocycles. The Bertz CT molecular complexity index is 718. The van der Waals surface area contributed by atoms with Crippen LogP contribution >= 0.6 is 0 Å². The number of ether oxygens (including phenoxy) is 1. The zero-order valence-corrected chi connectivity index (χ0v) is 14.4. The molecule has 1 saturated heterocycles. The lowest BCUT2D eigenvalue weighted by Crippen LogP contribution is -2.32. The summed E-state index contributed by atoms with van der Waals surface area (Å²) in [6, 6.07) is 14.1. The van der Waals surface area contributed by atoms with Gasteiger partial charge < -0.3 is 15.0 Å². The van der Waals surface area contributed by atoms with Crippen molar-refractivity contribution in [3.05, 3.63) is 59.9 Å². The van der Waals surface area contributed by atoms with E-state index in [0.29, 0.717) is 12.5 Å². The number of nitrogens with zero attached hydrogens (tertiary/aromatic N) is 1. The van der Waals surface area contributed by atoms with E-state index in [-0.39, 0.29) is 18.1 Å². The van der Waals surface area contributed by atoms with E-state index in [4.69, 9.17) is 4.74 Å². The van der Waals surface area contributed by atoms with Crippen molar-refractivity contribution in [3.8, 4) is 5.75 Å². The lowest BCUT2D eigenvalue weighted by Gasteiger charge is -2.19. The molecule has 1 aliphatic heterocycles. The minimum Gasteiger partial charge on any atom is -0.497 e. The predicted molar refractivity (Wildman–Crippen MR) is 96.4 cm³/mol. The van der Waals surface area contributed by atoms with Crippen molar-refractivity contribution >= 4 is 11.6 Å². The van der Waals surface area contributed by atoms with Crippen LogP contribution in [0.15, 0.2) is 48.5 Å². The van der Waals surface area contributed by atoms with Gasteiger partial charge in [0.2, 0.25) is 5.91 Å². The normalized spacial score (nSPS) is 16.7. The van der Waals surface area contributed by atoms with Gasteiger partial charge in [0.05, 0.1) is 13.5 Å². The molecular weight excluding hydrogens is 319 g/mol. The van der Waals surface area contributed by atoms with Gasteiger partial charge in [-0.05, 0) is 42.2 Å². The topological polar surface area (TPSA) is 41.6 Å². The van der Waals surface area contributed by atoms with Gasteiger partial charge in [-0.15, -0.1) is 0 Å². The number of hydrogen-bond acceptors (Lipinski definition) is 3. The molecule has 0 aromatic heterocycles. The number of anilines is 1. The van der Waals surface area contributed by atoms with Gasteiger partial charge in [-0.25, -0.2) is 4.39 Å². The highest BCUT2D eigenvalue weighted by Crippen LogP contribution is 2.26. The Morgan fingerprint density at radius 1 is 1.28 bits per heavy atom. The van der Waals surface area contributed by atoms with E-state index in [2.05, 4.69) is 16.3 Å². The van der Waals surface area contributed by atoms with Crippen LogP contribution in [0.2, 0.25) is 0 Å². The maximum atomic E-state index is 12.9. The van der Waals surface area contributed by atoms with Crippen molar-refractivity contribution < 1.29 is 13.9 Å². The van der Waals surface area contributed by atoms with Gasteiger partial charge in [0.15, 0.2) is 0 Å². The molecule has 132 valence electrons. The zero-order valence-electron chi connectivity index (χ0n) is 14.4. The van der Waals surface area contributed by atoms with Crippen molar-refractivity contribution in [1.29, 1.82) is 0 Å². The first-order chi connectivity index (χ1) is 12.1. The molecular formula is C20H23FN2O2. The van der Waals surface area contributed by atoms with Crippen LogP contribution in [0.4, 0.5) is 10.1 Å². The first-order valence-electron chi connectivity index (χ1n) is 8.54. The molecule has 1 fully saturated rings. The van der Waals surface area contributed by atoms with E-state index in [1.807, 2.05) is 18.2 Å². The summed E-state index contributed by atoms with van der Waals surface area (Å²) in [6.07, 6.45) is 1.33. The van der Waals surface area contributed by atoms with Gasteiger partial charge in [0.1, 0.15) is 11.6 Å². The number of rotatable bonds is 6. The van der Waals surface area contributed by atoms with Crippen LogP contribution in [0.25, 0.3) is 0 Å². The molecule has 2 aromatic rings. The van der Waals surface area contributed by atoms with Crippen LogP contribution < -0.4 is 15.0 Å². The van der Waals surface area contributed by atoms with Gasteiger partial charge in [0, 0.05) is 31.4 Å². The van der Waals surface area contributed by atoms with Crippen LogP contribution in [0.3, 0.4) is 0 Å². The molecule has 1 atom stereocenters. The summed E-state index contributed by atoms with van der Waals surface area (Å²) in [5.41, 5.74) is 1.97. The van der Waals surface area contributed by atoms with Crippen LogP contribution in [0.1, 0.15) is 12.0 Å². The fraction of sp³-hybridized carbons (Fsp3) is 0.350. The van der Waals surface area contributed by atoms with Crippen molar-refractivity contribution in [1.82, 2.24) is 5.32 Å². The Morgan fingerprint density at radius 2 is 2.08 bits per heavy atom. The third kappa shape index (κ3) is 4.72. The smallest absolute Gasteiger partial charge is 0.224 e. The van der Waals surface area contributed by atoms with E-state index in [0.717, 1.165) is 36.5 Å². The summed E-state index contributed by atoms with van der Waals surface area (Å²) in [6.45, 7) is 2.57. The Balaban J connectivity index is 1.46. The number of carbonyl (C=O) groups excluding carboxylic acids is 1. The van der Waals surface area contributed by atoms with Crippen molar-refractivity contribution in [2.24, 2.45) is 5.92 Å². The molecule has 0 radical (unpaired) electrons. The van der Waals surface area contributed by atoms with E-state index < -0.39 is 0 Å². The van der Waals surface area contributed by atoms with E-state index >= 15 is 0 Å². The Morgan fingerprint density at radius 3 is 2.84 bits per heavy atom. The maximum Gasteiger partial charge on any atom is 0.224 e. The summed E-state index contributed by atoms with van der Waals surface area (Å²) >= 11 is 0. The Hall–Kier alpha value is -2.56. The lowest BCUT2D eigenvalue weighted by molar-refractivity contribution is -0.120. The first kappa shape index (κ1) is 17.3. The average Bonchev–Trinajstić information content (AvgIpc) is 3.11. The van der Waals surface area contributed by atoms with Crippen LogP contribution in [-0.4, -0.2) is 32.7 Å². The molecule has 1 N–H and O–H groups in total. The minimum atomic E-state index is -0.284. The minimum absolute atomic E-state index is 0.0218. The molecule has 1 amide bonds. The van der Waals surface area contributed by atoms with Crippen molar-refractivity contribution in [2.45, 2.75) is 12.8 Å². The Kier molecular flexibility index (Phi) is 5.53. The summed E-state index contributed by atoms with van der Waals surface area (Å²) < 4.78 is 18.2. The highest BCUT2D eigenvalue weighted by molar-refractivity contribution is 5.78. The number of amides is 1. The van der Waals surface area contributed by atoms with Gasteiger partial charge >= 0.3 is 0 Å². The lowest BCUT2D eigenvalue weighted by atomic mass is 10.1. The Labute approximate surface area is 147 Å². The molecule has 0 bridgehead atoms. The SMILES string of the molecule is COc1cccc(N2CC[C@@H](CNC(=O)Cc3ccc(F)cc3)C2)c1. The number of hydrogen-bond donors (Lipinski definition) is 1. The second kappa shape index (κ2) is 8.01. The highest BCUT2D eigenvalue weighted by atomic mass is 19.1. The molecule has 2 aromatic carbocycles. The van der Waals surface area contributed by atoms with E-state index in [1.54, 1.807) is 19.2 Å². The molecule has 1 aliphatic rings. The van der Waals surface area contributed by atoms with Crippen LogP contribution in [0, 0.1) is 11.7 Å². The number of halogens is 1. The maximum absolute atomic E-state index is 12.9. The van der Waals surface area contributed by atoms with Gasteiger partial charge in [-0.3, -0.25) is 4.79 Å². The molecule has 5 heteroatoms. The second-order valence-electron chi connectivity index (χ2n) is 6.41. The summed E-state index contributed by atoms with van der Waals surface area (Å²) in [4.78, 5) is 14.4. The molecule has 3 rings (SSSR count). The fourth-order valence-electron chi connectivity index (χ4n) is 3.15. The van der Waals surface area contributed by atoms with Crippen LogP contribution in [-0.2, 0) is 11.2 Å². The van der Waals surface area contributed by atoms with E-state index in [1.165, 1.54) is 12.1 Å². The highest BCUT2D eigenvalue weighted by Gasteiger charge is 2.23. The molecule has 4 nitrogen and oxygen atoms in total. The molecule has 0 saturated carbocycles. The summed E-state index contributed by atoms with van der Waals surface area (Å²) in [5.74, 6) is 0.983. The monoisotopic (exact) mass is 342 g/mol. The molecule has 1 heterocycles. The van der Waals surface area contributed by atoms with Crippen molar-refractivity contribution in [2.75, 3.05) is 31.6 Å². The predicted octanol–water partition coefficient (Wildman–Crippen LogP) is 3.02. The quantitative estimate of drug-likeness (QED) is 0.877. The summed E-state index contributed by atoms with van der Waals surface area (Å²) in [5, 5.41) is 3.00. The summed E-state index contributed by atoms with van der Waals surface area (Å²) in [7, 11) is 1.67. The van der Waals surface area contributed by atoms with Gasteiger partial charge in [-0.1, -0.05) is 18.2 Å². The number of carbonyl (C=O) groups is 1. The van der Waals surface area contributed by atoms with Gasteiger partial charge in [0.25, 0.3) is 0 Å². The second-order valence-corrected chi connectivity index (χ2v) is 6.41. The molecule has 0 spiro atoms. The average molecular weight is 342 g/mol. The first-order valence-corrected chi connectivity index (χ1v) is 8.54. The zero-order chi connectivity index (χ0) is 17.6. The largest absolute Gasteiger partial charge is 0.497 e. The van der Waals surface area contributed by atoms with Gasteiger partial charge in [-0.2, -0.15) is 0 Å². The third-order valence-corrected chi connectivity index (χ3v) is 4.57. The molecule has 0 unspecified atom stereocenters. The van der Waals surface area contributed by atoms with Crippen molar-refractivity contribution in [3.63, 3.8) is 0 Å². The molecule has 25 heavy (non-hydrogen) atoms. The number of methoxy groups -OCH3 is 1. The van der Waals surface area contributed by atoms with E-state index in [9.17, 15) is 9.18 Å². The fourth-order valence-corrected chi connectivity index (χ4v) is 3.15. The number of nitrogens with one attached hydrogen (secondary N) is 1. The third-order valence-electron chi connectivity index (χ3n) is 4.57.